The maximum Gasteiger partial charge on any atom is 0.405 e. The minimum absolute atomic E-state index is 0. The van der Waals surface area contributed by atoms with Crippen molar-refractivity contribution < 1.29 is 22.8 Å². The molecule has 29 heavy (non-hydrogen) atoms. The Labute approximate surface area is 174 Å². The molecule has 2 fully saturated rings. The lowest BCUT2D eigenvalue weighted by Crippen LogP contribution is -2.58. The van der Waals surface area contributed by atoms with Crippen LogP contribution in [-0.4, -0.2) is 79.1 Å². The van der Waals surface area contributed by atoms with Gasteiger partial charge in [-0.3, -0.25) is 14.5 Å². The van der Waals surface area contributed by atoms with Gasteiger partial charge in [-0.1, -0.05) is 18.2 Å². The molecule has 0 saturated carbocycles. The largest absolute Gasteiger partial charge is 0.405 e. The fraction of sp³-hybridized carbons (Fsp3) is 0.579. The van der Waals surface area contributed by atoms with Crippen LogP contribution in [0, 0.1) is 0 Å². The first kappa shape index (κ1) is 23.4. The molecule has 1 aromatic rings. The number of piperazine rings is 1. The van der Waals surface area contributed by atoms with Crippen molar-refractivity contribution >= 4 is 24.2 Å². The van der Waals surface area contributed by atoms with Gasteiger partial charge in [0, 0.05) is 44.8 Å². The lowest BCUT2D eigenvalue weighted by atomic mass is 10.1. The number of carbonyl (C=O) groups excluding carboxylic acids is 2. The lowest BCUT2D eigenvalue weighted by molar-refractivity contribution is -0.184. The van der Waals surface area contributed by atoms with Crippen LogP contribution in [0.25, 0.3) is 0 Å². The van der Waals surface area contributed by atoms with Gasteiger partial charge in [0.15, 0.2) is 0 Å². The fourth-order valence-electron chi connectivity index (χ4n) is 3.79. The predicted octanol–water partition coefficient (Wildman–Crippen LogP) is 1.67. The van der Waals surface area contributed by atoms with E-state index in [1.54, 1.807) is 30.3 Å². The molecule has 2 aliphatic heterocycles. The zero-order valence-electron chi connectivity index (χ0n) is 16.0. The van der Waals surface area contributed by atoms with E-state index in [0.717, 1.165) is 0 Å². The van der Waals surface area contributed by atoms with Crippen LogP contribution in [0.1, 0.15) is 23.2 Å². The van der Waals surface area contributed by atoms with Gasteiger partial charge >= 0.3 is 6.18 Å². The summed E-state index contributed by atoms with van der Waals surface area (Å²) in [5.41, 5.74) is 0.469. The van der Waals surface area contributed by atoms with E-state index in [-0.39, 0.29) is 31.4 Å². The summed E-state index contributed by atoms with van der Waals surface area (Å²) in [5.74, 6) is -0.793. The predicted molar refractivity (Wildman–Crippen MR) is 105 cm³/mol. The molecule has 0 radical (unpaired) electrons. The Hall–Kier alpha value is -1.84. The summed E-state index contributed by atoms with van der Waals surface area (Å²) in [7, 11) is 0. The summed E-state index contributed by atoms with van der Waals surface area (Å²) in [4.78, 5) is 28.1. The molecule has 2 unspecified atom stereocenters. The van der Waals surface area contributed by atoms with Crippen molar-refractivity contribution in [2.24, 2.45) is 0 Å². The van der Waals surface area contributed by atoms with E-state index in [4.69, 9.17) is 0 Å². The number of nitrogens with one attached hydrogen (secondary N) is 2. The summed E-state index contributed by atoms with van der Waals surface area (Å²) in [6.07, 6.45) is -3.33. The topological polar surface area (TPSA) is 64.7 Å². The van der Waals surface area contributed by atoms with Crippen LogP contribution in [-0.2, 0) is 4.79 Å². The zero-order valence-corrected chi connectivity index (χ0v) is 16.8. The fourth-order valence-corrected chi connectivity index (χ4v) is 3.79. The van der Waals surface area contributed by atoms with Crippen LogP contribution in [0.3, 0.4) is 0 Å². The molecule has 0 aromatic heterocycles. The minimum atomic E-state index is -4.43. The van der Waals surface area contributed by atoms with Crippen molar-refractivity contribution in [2.75, 3.05) is 39.3 Å². The molecular weight excluding hydrogens is 409 g/mol. The molecule has 162 valence electrons. The molecule has 2 heterocycles. The normalized spacial score (nSPS) is 21.3. The molecule has 6 nitrogen and oxygen atoms in total. The third-order valence-electron chi connectivity index (χ3n) is 5.28. The van der Waals surface area contributed by atoms with Crippen LogP contribution < -0.4 is 10.6 Å². The quantitative estimate of drug-likeness (QED) is 0.740. The number of amides is 2. The SMILES string of the molecule is Cl.O=C(NCC(N1CCNCC1)C(F)(F)F)C1CCCN1C(=O)c1ccccc1. The van der Waals surface area contributed by atoms with Crippen LogP contribution in [0.15, 0.2) is 30.3 Å². The molecule has 2 atom stereocenters. The summed E-state index contributed by atoms with van der Waals surface area (Å²) in [6.45, 7) is 1.45. The molecule has 2 amide bonds. The third-order valence-corrected chi connectivity index (χ3v) is 5.28. The van der Waals surface area contributed by atoms with Crippen LogP contribution in [0.4, 0.5) is 13.2 Å². The summed E-state index contributed by atoms with van der Waals surface area (Å²) < 4.78 is 40.4. The smallest absolute Gasteiger partial charge is 0.352 e. The van der Waals surface area contributed by atoms with E-state index in [9.17, 15) is 22.8 Å². The minimum Gasteiger partial charge on any atom is -0.352 e. The molecule has 3 rings (SSSR count). The van der Waals surface area contributed by atoms with Crippen LogP contribution in [0.2, 0.25) is 0 Å². The number of alkyl halides is 3. The average Bonchev–Trinajstić information content (AvgIpc) is 3.18. The molecule has 10 heteroatoms. The van der Waals surface area contributed by atoms with Crippen molar-refractivity contribution in [3.05, 3.63) is 35.9 Å². The number of likely N-dealkylation sites (tertiary alicyclic amines) is 1. The molecule has 0 aliphatic carbocycles. The molecule has 2 N–H and O–H groups in total. The van der Waals surface area contributed by atoms with E-state index < -0.39 is 30.7 Å². The maximum absolute atomic E-state index is 13.5. The van der Waals surface area contributed by atoms with E-state index in [2.05, 4.69) is 10.6 Å². The summed E-state index contributed by atoms with van der Waals surface area (Å²) >= 11 is 0. The number of benzene rings is 1. The Kier molecular flexibility index (Phi) is 8.30. The van der Waals surface area contributed by atoms with Gasteiger partial charge in [0.1, 0.15) is 12.1 Å². The van der Waals surface area contributed by atoms with Gasteiger partial charge in [-0.05, 0) is 25.0 Å². The van der Waals surface area contributed by atoms with Gasteiger partial charge in [-0.2, -0.15) is 13.2 Å². The Morgan fingerprint density at radius 3 is 2.41 bits per heavy atom. The highest BCUT2D eigenvalue weighted by Gasteiger charge is 2.44. The van der Waals surface area contributed by atoms with E-state index in [0.29, 0.717) is 38.0 Å². The molecular formula is C19H26ClF3N4O2. The van der Waals surface area contributed by atoms with Crippen LogP contribution in [0.5, 0.6) is 0 Å². The first-order chi connectivity index (χ1) is 13.4. The van der Waals surface area contributed by atoms with Crippen molar-refractivity contribution in [1.82, 2.24) is 20.4 Å². The highest BCUT2D eigenvalue weighted by molar-refractivity contribution is 5.97. The number of rotatable bonds is 5. The van der Waals surface area contributed by atoms with Gasteiger partial charge in [0.05, 0.1) is 0 Å². The van der Waals surface area contributed by atoms with E-state index >= 15 is 0 Å². The maximum atomic E-state index is 13.5. The van der Waals surface area contributed by atoms with Gasteiger partial charge in [-0.25, -0.2) is 0 Å². The number of hydrogen-bond donors (Lipinski definition) is 2. The molecule has 2 saturated heterocycles. The number of nitrogens with zero attached hydrogens (tertiary/aromatic N) is 2. The summed E-state index contributed by atoms with van der Waals surface area (Å²) in [5, 5.41) is 5.47. The second kappa shape index (κ2) is 10.3. The van der Waals surface area contributed by atoms with Crippen molar-refractivity contribution in [3.8, 4) is 0 Å². The standard InChI is InChI=1S/C19H25F3N4O2.ClH/c20-19(21,22)16(25-11-8-23-9-12-25)13-24-17(27)15-7-4-10-26(15)18(28)14-5-2-1-3-6-14;/h1-3,5-6,15-16,23H,4,7-13H2,(H,24,27);1H. The third kappa shape index (κ3) is 5.83. The number of hydrogen-bond acceptors (Lipinski definition) is 4. The first-order valence-corrected chi connectivity index (χ1v) is 9.53. The number of carbonyl (C=O) groups is 2. The number of halogens is 4. The molecule has 0 spiro atoms. The molecule has 1 aromatic carbocycles. The van der Waals surface area contributed by atoms with Crippen LogP contribution >= 0.6 is 12.4 Å². The highest BCUT2D eigenvalue weighted by Crippen LogP contribution is 2.25. The van der Waals surface area contributed by atoms with Gasteiger partial charge in [0.25, 0.3) is 5.91 Å². The molecule has 2 aliphatic rings. The van der Waals surface area contributed by atoms with Crippen molar-refractivity contribution in [1.29, 1.82) is 0 Å². The Bertz CT molecular complexity index is 684. The van der Waals surface area contributed by atoms with E-state index in [1.165, 1.54) is 9.80 Å². The van der Waals surface area contributed by atoms with Gasteiger partial charge in [0.2, 0.25) is 5.91 Å². The zero-order chi connectivity index (χ0) is 20.1. The van der Waals surface area contributed by atoms with Gasteiger partial charge in [-0.15, -0.1) is 12.4 Å². The highest BCUT2D eigenvalue weighted by atomic mass is 35.5. The lowest BCUT2D eigenvalue weighted by Gasteiger charge is -2.36. The second-order valence-electron chi connectivity index (χ2n) is 7.11. The van der Waals surface area contributed by atoms with Crippen molar-refractivity contribution in [3.63, 3.8) is 0 Å². The Balaban J connectivity index is 0.00000300. The average molecular weight is 435 g/mol. The first-order valence-electron chi connectivity index (χ1n) is 9.53. The van der Waals surface area contributed by atoms with E-state index in [1.807, 2.05) is 0 Å². The Morgan fingerprint density at radius 1 is 1.14 bits per heavy atom. The Morgan fingerprint density at radius 2 is 1.79 bits per heavy atom. The molecule has 0 bridgehead atoms. The summed E-state index contributed by atoms with van der Waals surface area (Å²) in [6, 6.07) is 6.14. The monoisotopic (exact) mass is 434 g/mol. The van der Waals surface area contributed by atoms with Gasteiger partial charge < -0.3 is 15.5 Å². The van der Waals surface area contributed by atoms with Crippen molar-refractivity contribution in [2.45, 2.75) is 31.1 Å². The second-order valence-corrected chi connectivity index (χ2v) is 7.11.